The molecule has 0 bridgehead atoms. The van der Waals surface area contributed by atoms with Crippen LogP contribution in [0.5, 0.6) is 0 Å². The van der Waals surface area contributed by atoms with Crippen LogP contribution < -0.4 is 0 Å². The van der Waals surface area contributed by atoms with Gasteiger partial charge < -0.3 is 0 Å². The summed E-state index contributed by atoms with van der Waals surface area (Å²) >= 11 is 1.61. The van der Waals surface area contributed by atoms with Gasteiger partial charge in [0.2, 0.25) is 0 Å². The predicted molar refractivity (Wildman–Crippen MR) is 69.4 cm³/mol. The molecule has 0 aromatic carbocycles. The molecule has 2 aliphatic rings. The lowest BCUT2D eigenvalue weighted by atomic mass is 10.4. The molecule has 1 nitrogen and oxygen atoms in total. The van der Waals surface area contributed by atoms with Gasteiger partial charge in [0.1, 0.15) is 5.69 Å². The molecule has 1 aromatic heterocycles. The maximum Gasteiger partial charge on any atom is 0.126 e. The number of benzene rings is 1. The van der Waals surface area contributed by atoms with Gasteiger partial charge in [0, 0.05) is 11.1 Å². The van der Waals surface area contributed by atoms with Crippen molar-refractivity contribution in [2.24, 2.45) is 0 Å². The third kappa shape index (κ3) is 2.44. The average Bonchev–Trinajstić information content (AvgIpc) is 2.96. The zero-order valence-corrected chi connectivity index (χ0v) is 9.79. The fourth-order valence-electron chi connectivity index (χ4n) is 1.34. The van der Waals surface area contributed by atoms with Crippen molar-refractivity contribution in [2.75, 3.05) is 6.26 Å². The van der Waals surface area contributed by atoms with Gasteiger partial charge in [-0.2, -0.15) is 0 Å². The Morgan fingerprint density at radius 2 is 1.94 bits per heavy atom. The maximum absolute atomic E-state index is 5.20. The summed E-state index contributed by atoms with van der Waals surface area (Å²) in [6, 6.07) is 12.3. The second-order valence-corrected chi connectivity index (χ2v) is 4.13. The molecule has 78 valence electrons. The fraction of sp³-hybridized carbons (Fsp3) is 0.0714. The summed E-state index contributed by atoms with van der Waals surface area (Å²) in [7, 11) is 0. The Kier molecular flexibility index (Phi) is 3.28. The second-order valence-electron chi connectivity index (χ2n) is 3.28. The van der Waals surface area contributed by atoms with Crippen LogP contribution in [-0.2, 0) is 0 Å². The number of aromatic nitrogens is 1. The molecule has 0 radical (unpaired) electrons. The summed E-state index contributed by atoms with van der Waals surface area (Å²) < 4.78 is 0. The highest BCUT2D eigenvalue weighted by molar-refractivity contribution is 7.98. The van der Waals surface area contributed by atoms with Crippen LogP contribution in [0.2, 0.25) is 0 Å². The number of pyridine rings is 1. The molecule has 0 spiro atoms. The Morgan fingerprint density at radius 1 is 1.19 bits per heavy atom. The molecule has 0 amide bonds. The van der Waals surface area contributed by atoms with E-state index in [-0.39, 0.29) is 0 Å². The monoisotopic (exact) mass is 225 g/mol. The van der Waals surface area contributed by atoms with Crippen molar-refractivity contribution in [1.82, 2.24) is 4.98 Å². The number of hydrogen-bond donors (Lipinski definition) is 0. The number of terminal acetylenes is 1. The molecule has 0 unspecified atom stereocenters. The molecule has 0 aliphatic heterocycles. The summed E-state index contributed by atoms with van der Waals surface area (Å²) in [5.41, 5.74) is 3.58. The van der Waals surface area contributed by atoms with Crippen LogP contribution in [0, 0.1) is 12.3 Å². The summed E-state index contributed by atoms with van der Waals surface area (Å²) in [5, 5.41) is 0. The summed E-state index contributed by atoms with van der Waals surface area (Å²) in [5.74, 6) is 2.51. The van der Waals surface area contributed by atoms with Crippen molar-refractivity contribution < 1.29 is 0 Å². The van der Waals surface area contributed by atoms with E-state index in [2.05, 4.69) is 35.2 Å². The highest BCUT2D eigenvalue weighted by Crippen LogP contribution is 2.32. The molecule has 2 aliphatic carbocycles. The standard InChI is InChI=1S/C8H7NS.C6H4/c1-3-7-8(10-2)5-4-6-9-7;1-2-5-4-6(5)3-1/h1,4-6H,2H3;1-4H. The van der Waals surface area contributed by atoms with E-state index in [1.165, 1.54) is 11.1 Å². The zero-order chi connectivity index (χ0) is 11.4. The van der Waals surface area contributed by atoms with Crippen LogP contribution in [-0.4, -0.2) is 11.2 Å². The zero-order valence-electron chi connectivity index (χ0n) is 8.97. The first-order chi connectivity index (χ1) is 7.85. The number of nitrogens with zero attached hydrogens (tertiary/aromatic N) is 1. The van der Waals surface area contributed by atoms with E-state index in [4.69, 9.17) is 6.42 Å². The molecule has 2 heteroatoms. The van der Waals surface area contributed by atoms with Crippen molar-refractivity contribution in [2.45, 2.75) is 4.90 Å². The maximum atomic E-state index is 5.20. The van der Waals surface area contributed by atoms with Gasteiger partial charge in [-0.3, -0.25) is 0 Å². The topological polar surface area (TPSA) is 12.9 Å². The van der Waals surface area contributed by atoms with Gasteiger partial charge in [-0.1, -0.05) is 18.2 Å². The highest BCUT2D eigenvalue weighted by Gasteiger charge is 2.06. The van der Waals surface area contributed by atoms with Gasteiger partial charge in [-0.25, -0.2) is 4.98 Å². The van der Waals surface area contributed by atoms with Crippen LogP contribution in [0.15, 0.2) is 47.5 Å². The molecule has 3 rings (SSSR count). The third-order valence-electron chi connectivity index (χ3n) is 2.24. The Morgan fingerprint density at radius 3 is 2.31 bits per heavy atom. The Labute approximate surface area is 99.9 Å². The van der Waals surface area contributed by atoms with Crippen LogP contribution in [0.4, 0.5) is 0 Å². The SMILES string of the molecule is C#Cc1ncccc1SC.c1cc2cc-2c1. The molecule has 0 saturated carbocycles. The minimum atomic E-state index is 0.731. The highest BCUT2D eigenvalue weighted by atomic mass is 32.2. The number of hydrogen-bond acceptors (Lipinski definition) is 2. The quantitative estimate of drug-likeness (QED) is 0.464. The molecule has 16 heavy (non-hydrogen) atoms. The molecule has 0 atom stereocenters. The van der Waals surface area contributed by atoms with Crippen LogP contribution in [0.3, 0.4) is 0 Å². The molecule has 0 fully saturated rings. The molecular formula is C14H11NS. The first-order valence-corrected chi connectivity index (χ1v) is 6.13. The van der Waals surface area contributed by atoms with Gasteiger partial charge in [0.15, 0.2) is 0 Å². The molecule has 1 heterocycles. The van der Waals surface area contributed by atoms with Crippen molar-refractivity contribution in [1.29, 1.82) is 0 Å². The summed E-state index contributed by atoms with van der Waals surface area (Å²) in [6.45, 7) is 0. The van der Waals surface area contributed by atoms with E-state index in [1.807, 2.05) is 18.4 Å². The van der Waals surface area contributed by atoms with E-state index in [9.17, 15) is 0 Å². The Bertz CT molecular complexity index is 523. The minimum Gasteiger partial charge on any atom is -0.247 e. The normalized spacial score (nSPS) is 9.75. The third-order valence-corrected chi connectivity index (χ3v) is 3.01. The van der Waals surface area contributed by atoms with Crippen molar-refractivity contribution in [3.05, 3.63) is 48.3 Å². The van der Waals surface area contributed by atoms with Gasteiger partial charge >= 0.3 is 0 Å². The summed E-state index contributed by atoms with van der Waals surface area (Å²) in [6.07, 6.45) is 8.89. The van der Waals surface area contributed by atoms with Crippen LogP contribution >= 0.6 is 11.8 Å². The Hall–Kier alpha value is -1.72. The van der Waals surface area contributed by atoms with Gasteiger partial charge in [-0.15, -0.1) is 18.2 Å². The first-order valence-electron chi connectivity index (χ1n) is 4.91. The van der Waals surface area contributed by atoms with E-state index in [0.29, 0.717) is 0 Å². The molecular weight excluding hydrogens is 214 g/mol. The predicted octanol–water partition coefficient (Wildman–Crippen LogP) is 3.45. The fourth-order valence-corrected chi connectivity index (χ4v) is 1.86. The molecule has 1 aromatic rings. The van der Waals surface area contributed by atoms with E-state index in [1.54, 1.807) is 18.0 Å². The second kappa shape index (κ2) is 4.87. The molecule has 0 N–H and O–H groups in total. The smallest absolute Gasteiger partial charge is 0.126 e. The van der Waals surface area contributed by atoms with Gasteiger partial charge in [-0.05, 0) is 41.5 Å². The lowest BCUT2D eigenvalue weighted by molar-refractivity contribution is 1.20. The Balaban J connectivity index is 0.000000134. The average molecular weight is 225 g/mol. The van der Waals surface area contributed by atoms with Gasteiger partial charge in [0.05, 0.1) is 0 Å². The van der Waals surface area contributed by atoms with Crippen molar-refractivity contribution in [3.63, 3.8) is 0 Å². The summed E-state index contributed by atoms with van der Waals surface area (Å²) in [4.78, 5) is 5.07. The van der Waals surface area contributed by atoms with Gasteiger partial charge in [0.25, 0.3) is 0 Å². The number of rotatable bonds is 1. The first kappa shape index (κ1) is 10.8. The molecule has 0 saturated heterocycles. The number of thioether (sulfide) groups is 1. The number of fused-ring (bicyclic) bond motifs is 1. The van der Waals surface area contributed by atoms with E-state index >= 15 is 0 Å². The largest absolute Gasteiger partial charge is 0.247 e. The minimum absolute atomic E-state index is 0.731. The van der Waals surface area contributed by atoms with Crippen LogP contribution in [0.25, 0.3) is 11.1 Å². The van der Waals surface area contributed by atoms with E-state index in [0.717, 1.165) is 10.6 Å². The van der Waals surface area contributed by atoms with Crippen LogP contribution in [0.1, 0.15) is 5.69 Å². The lowest BCUT2D eigenvalue weighted by Crippen LogP contribution is -1.83. The van der Waals surface area contributed by atoms with E-state index < -0.39 is 0 Å². The lowest BCUT2D eigenvalue weighted by Gasteiger charge is -1.96. The van der Waals surface area contributed by atoms with Crippen molar-refractivity contribution >= 4 is 11.8 Å². The van der Waals surface area contributed by atoms with Crippen molar-refractivity contribution in [3.8, 4) is 23.5 Å².